The van der Waals surface area contributed by atoms with E-state index in [4.69, 9.17) is 4.74 Å². The minimum absolute atomic E-state index is 0.0309. The highest BCUT2D eigenvalue weighted by molar-refractivity contribution is 7.95. The Hall–Kier alpha value is -3.04. The van der Waals surface area contributed by atoms with Crippen LogP contribution in [0.25, 0.3) is 5.57 Å². The highest BCUT2D eigenvalue weighted by Gasteiger charge is 2.34. The normalized spacial score (nSPS) is 14.9. The van der Waals surface area contributed by atoms with Crippen LogP contribution in [-0.4, -0.2) is 39.4 Å². The van der Waals surface area contributed by atoms with Gasteiger partial charge in [0.2, 0.25) is 0 Å². The van der Waals surface area contributed by atoms with E-state index in [-0.39, 0.29) is 4.91 Å². The van der Waals surface area contributed by atoms with Crippen LogP contribution in [0.2, 0.25) is 0 Å². The Bertz CT molecular complexity index is 1070. The Labute approximate surface area is 166 Å². The van der Waals surface area contributed by atoms with Crippen molar-refractivity contribution >= 4 is 21.4 Å². The van der Waals surface area contributed by atoms with Crippen LogP contribution in [-0.2, 0) is 10.0 Å². The molecule has 0 unspecified atom stereocenters. The minimum Gasteiger partial charge on any atom is -0.497 e. The zero-order chi connectivity index (χ0) is 20.1. The summed E-state index contributed by atoms with van der Waals surface area (Å²) in [5, 5.41) is 0. The van der Waals surface area contributed by atoms with E-state index in [1.807, 2.05) is 61.2 Å². The van der Waals surface area contributed by atoms with Crippen LogP contribution in [0.5, 0.6) is 5.75 Å². The van der Waals surface area contributed by atoms with Crippen LogP contribution < -0.4 is 4.74 Å². The van der Waals surface area contributed by atoms with Crippen molar-refractivity contribution in [3.05, 3.63) is 70.6 Å². The lowest BCUT2D eigenvalue weighted by atomic mass is 10.0. The molecule has 0 saturated heterocycles. The van der Waals surface area contributed by atoms with Crippen LogP contribution >= 0.6 is 0 Å². The summed E-state index contributed by atoms with van der Waals surface area (Å²) in [4.78, 5) is 1.96. The standard InChI is InChI=1S/C22H22N2O3S/c1-4-24(5-2)22-21(18-12-14-19(27-3)15-13-18)20(28(25,26)23-22)16-11-17-9-7-6-8-10-17/h6-10,12-15H,4-5H2,1-3H3. The fourth-order valence-corrected chi connectivity index (χ4v) is 4.14. The van der Waals surface area contributed by atoms with Crippen molar-refractivity contribution < 1.29 is 13.2 Å². The summed E-state index contributed by atoms with van der Waals surface area (Å²) in [6.07, 6.45) is 0. The Morgan fingerprint density at radius 3 is 2.18 bits per heavy atom. The quantitative estimate of drug-likeness (QED) is 0.745. The van der Waals surface area contributed by atoms with Gasteiger partial charge in [-0.25, -0.2) is 0 Å². The SMILES string of the molecule is CCN(CC)C1=NS(=O)(=O)C(C#Cc2ccccc2)=C1c1ccc(OC)cc1. The molecule has 2 aromatic rings. The second-order valence-electron chi connectivity index (χ2n) is 6.11. The van der Waals surface area contributed by atoms with E-state index in [2.05, 4.69) is 16.2 Å². The van der Waals surface area contributed by atoms with Crippen molar-refractivity contribution in [3.63, 3.8) is 0 Å². The van der Waals surface area contributed by atoms with Gasteiger partial charge in [0.25, 0.3) is 10.0 Å². The largest absolute Gasteiger partial charge is 0.497 e. The van der Waals surface area contributed by atoms with Crippen LogP contribution in [0, 0.1) is 11.8 Å². The molecule has 0 aliphatic carbocycles. The summed E-state index contributed by atoms with van der Waals surface area (Å²) in [7, 11) is -2.27. The molecule has 0 saturated carbocycles. The molecule has 2 aromatic carbocycles. The predicted octanol–water partition coefficient (Wildman–Crippen LogP) is 3.54. The third-order valence-corrected chi connectivity index (χ3v) is 5.69. The lowest BCUT2D eigenvalue weighted by molar-refractivity contribution is 0.415. The third-order valence-electron chi connectivity index (χ3n) is 4.45. The van der Waals surface area contributed by atoms with Gasteiger partial charge in [-0.05, 0) is 49.6 Å². The summed E-state index contributed by atoms with van der Waals surface area (Å²) in [6.45, 7) is 5.23. The van der Waals surface area contributed by atoms with Gasteiger partial charge in [-0.2, -0.15) is 8.42 Å². The Morgan fingerprint density at radius 1 is 0.964 bits per heavy atom. The van der Waals surface area contributed by atoms with Gasteiger partial charge in [0.15, 0.2) is 10.7 Å². The molecule has 0 N–H and O–H groups in total. The average molecular weight is 394 g/mol. The van der Waals surface area contributed by atoms with Gasteiger partial charge >= 0.3 is 0 Å². The molecule has 1 aliphatic rings. The van der Waals surface area contributed by atoms with E-state index in [0.29, 0.717) is 30.2 Å². The van der Waals surface area contributed by atoms with Gasteiger partial charge < -0.3 is 9.64 Å². The maximum atomic E-state index is 12.8. The van der Waals surface area contributed by atoms with Gasteiger partial charge in [-0.15, -0.1) is 4.40 Å². The van der Waals surface area contributed by atoms with Crippen molar-refractivity contribution in [3.8, 4) is 17.6 Å². The van der Waals surface area contributed by atoms with Crippen molar-refractivity contribution in [1.29, 1.82) is 0 Å². The highest BCUT2D eigenvalue weighted by atomic mass is 32.2. The number of sulfonamides is 1. The molecule has 0 spiro atoms. The summed E-state index contributed by atoms with van der Waals surface area (Å²) < 4.78 is 35.0. The first-order chi connectivity index (χ1) is 13.5. The average Bonchev–Trinajstić information content (AvgIpc) is 2.98. The number of ether oxygens (including phenoxy) is 1. The highest BCUT2D eigenvalue weighted by Crippen LogP contribution is 2.33. The monoisotopic (exact) mass is 394 g/mol. The fraction of sp³-hybridized carbons (Fsp3) is 0.227. The van der Waals surface area contributed by atoms with Gasteiger partial charge in [0, 0.05) is 18.7 Å². The van der Waals surface area contributed by atoms with Crippen LogP contribution in [0.4, 0.5) is 0 Å². The molecule has 6 heteroatoms. The number of likely N-dealkylation sites (N-methyl/N-ethyl adjacent to an activating group) is 1. The molecule has 1 aliphatic heterocycles. The number of allylic oxidation sites excluding steroid dienone is 1. The van der Waals surface area contributed by atoms with E-state index in [1.165, 1.54) is 0 Å². The fourth-order valence-electron chi connectivity index (χ4n) is 2.97. The molecule has 0 atom stereocenters. The minimum atomic E-state index is -3.86. The van der Waals surface area contributed by atoms with E-state index in [1.54, 1.807) is 19.2 Å². The molecule has 28 heavy (non-hydrogen) atoms. The molecule has 0 amide bonds. The first-order valence-corrected chi connectivity index (χ1v) is 10.5. The number of nitrogens with zero attached hydrogens (tertiary/aromatic N) is 2. The Kier molecular flexibility index (Phi) is 5.86. The summed E-state index contributed by atoms with van der Waals surface area (Å²) in [6, 6.07) is 16.6. The van der Waals surface area contributed by atoms with Crippen molar-refractivity contribution in [1.82, 2.24) is 4.90 Å². The van der Waals surface area contributed by atoms with Crippen LogP contribution in [0.1, 0.15) is 25.0 Å². The second-order valence-corrected chi connectivity index (χ2v) is 7.65. The number of methoxy groups -OCH3 is 1. The predicted molar refractivity (Wildman–Crippen MR) is 113 cm³/mol. The molecule has 3 rings (SSSR count). The number of rotatable bonds is 4. The van der Waals surface area contributed by atoms with E-state index >= 15 is 0 Å². The van der Waals surface area contributed by atoms with Crippen molar-refractivity contribution in [2.24, 2.45) is 4.40 Å². The van der Waals surface area contributed by atoms with Crippen molar-refractivity contribution in [2.45, 2.75) is 13.8 Å². The first-order valence-electron chi connectivity index (χ1n) is 9.06. The van der Waals surface area contributed by atoms with Gasteiger partial charge in [-0.1, -0.05) is 36.3 Å². The zero-order valence-electron chi connectivity index (χ0n) is 16.1. The van der Waals surface area contributed by atoms with Gasteiger partial charge in [0.1, 0.15) is 5.75 Å². The number of hydrogen-bond acceptors (Lipinski definition) is 4. The summed E-state index contributed by atoms with van der Waals surface area (Å²) in [5.74, 6) is 6.96. The summed E-state index contributed by atoms with van der Waals surface area (Å²) >= 11 is 0. The van der Waals surface area contributed by atoms with E-state index in [0.717, 1.165) is 11.1 Å². The van der Waals surface area contributed by atoms with Gasteiger partial charge in [0.05, 0.1) is 12.7 Å². The maximum Gasteiger partial charge on any atom is 0.293 e. The Morgan fingerprint density at radius 2 is 1.61 bits per heavy atom. The van der Waals surface area contributed by atoms with Crippen LogP contribution in [0.3, 0.4) is 0 Å². The lowest BCUT2D eigenvalue weighted by Crippen LogP contribution is -2.30. The maximum absolute atomic E-state index is 12.8. The third kappa shape index (κ3) is 3.95. The molecule has 0 bridgehead atoms. The molecule has 0 radical (unpaired) electrons. The molecular weight excluding hydrogens is 372 g/mol. The van der Waals surface area contributed by atoms with E-state index in [9.17, 15) is 8.42 Å². The Balaban J connectivity index is 2.20. The van der Waals surface area contributed by atoms with Gasteiger partial charge in [-0.3, -0.25) is 0 Å². The number of amidine groups is 1. The number of benzene rings is 2. The smallest absolute Gasteiger partial charge is 0.293 e. The molecule has 1 heterocycles. The lowest BCUT2D eigenvalue weighted by Gasteiger charge is -2.22. The first kappa shape index (κ1) is 19.7. The molecule has 144 valence electrons. The molecule has 0 aromatic heterocycles. The van der Waals surface area contributed by atoms with Crippen molar-refractivity contribution in [2.75, 3.05) is 20.2 Å². The van der Waals surface area contributed by atoms with E-state index < -0.39 is 10.0 Å². The number of hydrogen-bond donors (Lipinski definition) is 0. The van der Waals surface area contributed by atoms with Crippen LogP contribution in [0.15, 0.2) is 63.9 Å². The second kappa shape index (κ2) is 8.32. The molecule has 0 fully saturated rings. The topological polar surface area (TPSA) is 59.0 Å². The summed E-state index contributed by atoms with van der Waals surface area (Å²) in [5.41, 5.74) is 2.02. The zero-order valence-corrected chi connectivity index (χ0v) is 17.0. The molecule has 5 nitrogen and oxygen atoms in total. The molecular formula is C22H22N2O3S.